The quantitative estimate of drug-likeness (QED) is 0.734. The molecular formula is C16H15N3O3. The predicted molar refractivity (Wildman–Crippen MR) is 84.1 cm³/mol. The first-order chi connectivity index (χ1) is 10.4. The van der Waals surface area contributed by atoms with Crippen molar-refractivity contribution in [3.05, 3.63) is 56.7 Å². The van der Waals surface area contributed by atoms with Crippen LogP contribution in [0, 0.1) is 6.92 Å². The van der Waals surface area contributed by atoms with Crippen LogP contribution in [0.4, 0.5) is 0 Å². The van der Waals surface area contributed by atoms with Crippen LogP contribution in [0.15, 0.2) is 39.9 Å². The van der Waals surface area contributed by atoms with E-state index in [1.165, 1.54) is 11.6 Å². The fourth-order valence-electron chi connectivity index (χ4n) is 2.46. The average molecular weight is 297 g/mol. The Morgan fingerprint density at radius 3 is 2.50 bits per heavy atom. The van der Waals surface area contributed by atoms with Crippen LogP contribution in [-0.2, 0) is 14.1 Å². The number of aromatic hydroxyl groups is 1. The zero-order valence-corrected chi connectivity index (χ0v) is 12.5. The molecule has 2 heterocycles. The van der Waals surface area contributed by atoms with E-state index in [0.29, 0.717) is 22.3 Å². The lowest BCUT2D eigenvalue weighted by atomic mass is 10.1. The van der Waals surface area contributed by atoms with Gasteiger partial charge in [0.1, 0.15) is 11.4 Å². The molecule has 3 aromatic rings. The Kier molecular flexibility index (Phi) is 3.09. The van der Waals surface area contributed by atoms with E-state index in [4.69, 9.17) is 0 Å². The molecule has 0 bridgehead atoms. The van der Waals surface area contributed by atoms with Crippen LogP contribution in [0.25, 0.3) is 22.3 Å². The van der Waals surface area contributed by atoms with E-state index >= 15 is 0 Å². The molecule has 0 radical (unpaired) electrons. The molecule has 0 fully saturated rings. The second-order valence-electron chi connectivity index (χ2n) is 5.29. The highest BCUT2D eigenvalue weighted by atomic mass is 16.3. The van der Waals surface area contributed by atoms with E-state index in [0.717, 1.165) is 10.1 Å². The smallest absolute Gasteiger partial charge is 0.332 e. The second-order valence-corrected chi connectivity index (χ2v) is 5.29. The van der Waals surface area contributed by atoms with Gasteiger partial charge in [-0.05, 0) is 31.2 Å². The number of hydrogen-bond acceptors (Lipinski definition) is 4. The fraction of sp³-hybridized carbons (Fsp3) is 0.188. The SMILES string of the molecule is Cc1ccc(O)c(-c2ccc3c(=O)n(C)c(=O)n(C)c3n2)c1. The van der Waals surface area contributed by atoms with Gasteiger partial charge in [0.05, 0.1) is 11.1 Å². The van der Waals surface area contributed by atoms with Gasteiger partial charge in [-0.3, -0.25) is 13.9 Å². The predicted octanol–water partition coefficient (Wildman–Crippen LogP) is 1.31. The molecule has 1 aromatic carbocycles. The Morgan fingerprint density at radius 1 is 1.05 bits per heavy atom. The number of phenolic OH excluding ortho intramolecular Hbond substituents is 1. The standard InChI is InChI=1S/C16H15N3O3/c1-9-4-7-13(20)11(8-9)12-6-5-10-14(17-12)18(2)16(22)19(3)15(10)21/h4-8,20H,1-3H3. The summed E-state index contributed by atoms with van der Waals surface area (Å²) in [6.07, 6.45) is 0. The summed E-state index contributed by atoms with van der Waals surface area (Å²) in [6, 6.07) is 8.50. The number of fused-ring (bicyclic) bond motifs is 1. The molecule has 0 spiro atoms. The molecule has 1 N–H and O–H groups in total. The monoisotopic (exact) mass is 297 g/mol. The highest BCUT2D eigenvalue weighted by Gasteiger charge is 2.12. The molecule has 0 saturated heterocycles. The molecule has 0 aliphatic carbocycles. The molecule has 0 aliphatic rings. The molecule has 112 valence electrons. The van der Waals surface area contributed by atoms with Crippen molar-refractivity contribution in [3.63, 3.8) is 0 Å². The first kappa shape index (κ1) is 14.1. The minimum absolute atomic E-state index is 0.103. The number of aromatic nitrogens is 3. The van der Waals surface area contributed by atoms with Crippen molar-refractivity contribution in [1.82, 2.24) is 14.1 Å². The molecule has 22 heavy (non-hydrogen) atoms. The maximum absolute atomic E-state index is 12.1. The van der Waals surface area contributed by atoms with Gasteiger partial charge in [0.25, 0.3) is 5.56 Å². The average Bonchev–Trinajstić information content (AvgIpc) is 2.52. The molecule has 6 nitrogen and oxygen atoms in total. The summed E-state index contributed by atoms with van der Waals surface area (Å²) < 4.78 is 2.38. The maximum Gasteiger partial charge on any atom is 0.332 e. The molecule has 0 atom stereocenters. The van der Waals surface area contributed by atoms with Crippen molar-refractivity contribution in [2.45, 2.75) is 6.92 Å². The number of benzene rings is 1. The third kappa shape index (κ3) is 2.00. The molecule has 0 aliphatic heterocycles. The van der Waals surface area contributed by atoms with Gasteiger partial charge in [-0.2, -0.15) is 0 Å². The zero-order valence-electron chi connectivity index (χ0n) is 12.5. The van der Waals surface area contributed by atoms with Crippen LogP contribution in [0.5, 0.6) is 5.75 Å². The van der Waals surface area contributed by atoms with Crippen LogP contribution < -0.4 is 11.2 Å². The number of phenols is 1. The van der Waals surface area contributed by atoms with Crippen LogP contribution in [0.3, 0.4) is 0 Å². The van der Waals surface area contributed by atoms with E-state index in [9.17, 15) is 14.7 Å². The number of aryl methyl sites for hydroxylation is 2. The lowest BCUT2D eigenvalue weighted by molar-refractivity contribution is 0.477. The molecular weight excluding hydrogens is 282 g/mol. The first-order valence-electron chi connectivity index (χ1n) is 6.77. The summed E-state index contributed by atoms with van der Waals surface area (Å²) in [4.78, 5) is 28.5. The van der Waals surface area contributed by atoms with E-state index in [-0.39, 0.29) is 11.3 Å². The van der Waals surface area contributed by atoms with Gasteiger partial charge >= 0.3 is 5.69 Å². The van der Waals surface area contributed by atoms with Gasteiger partial charge in [-0.25, -0.2) is 9.78 Å². The van der Waals surface area contributed by atoms with E-state index < -0.39 is 5.69 Å². The summed E-state index contributed by atoms with van der Waals surface area (Å²) in [5.74, 6) is 0.103. The number of nitrogens with zero attached hydrogens (tertiary/aromatic N) is 3. The summed E-state index contributed by atoms with van der Waals surface area (Å²) in [5.41, 5.74) is 1.53. The molecule has 6 heteroatoms. The van der Waals surface area contributed by atoms with Crippen molar-refractivity contribution in [2.24, 2.45) is 14.1 Å². The van der Waals surface area contributed by atoms with E-state index in [2.05, 4.69) is 4.98 Å². The Hall–Kier alpha value is -2.89. The Bertz CT molecular complexity index is 1020. The first-order valence-corrected chi connectivity index (χ1v) is 6.77. The highest BCUT2D eigenvalue weighted by Crippen LogP contribution is 2.29. The Labute approximate surface area is 125 Å². The zero-order chi connectivity index (χ0) is 16.0. The van der Waals surface area contributed by atoms with Crippen LogP contribution >= 0.6 is 0 Å². The van der Waals surface area contributed by atoms with Crippen molar-refractivity contribution < 1.29 is 5.11 Å². The molecule has 0 unspecified atom stereocenters. The van der Waals surface area contributed by atoms with Crippen molar-refractivity contribution in [1.29, 1.82) is 0 Å². The largest absolute Gasteiger partial charge is 0.507 e. The molecule has 2 aromatic heterocycles. The lowest BCUT2D eigenvalue weighted by Crippen LogP contribution is -2.37. The van der Waals surface area contributed by atoms with Crippen molar-refractivity contribution in [3.8, 4) is 17.0 Å². The third-order valence-electron chi connectivity index (χ3n) is 3.73. The van der Waals surface area contributed by atoms with E-state index in [1.807, 2.05) is 13.0 Å². The molecule has 0 saturated carbocycles. The van der Waals surface area contributed by atoms with Crippen molar-refractivity contribution >= 4 is 11.0 Å². The third-order valence-corrected chi connectivity index (χ3v) is 3.73. The molecule has 3 rings (SSSR count). The highest BCUT2D eigenvalue weighted by molar-refractivity contribution is 5.79. The maximum atomic E-state index is 12.1. The van der Waals surface area contributed by atoms with E-state index in [1.54, 1.807) is 31.3 Å². The van der Waals surface area contributed by atoms with Crippen LogP contribution in [-0.4, -0.2) is 19.2 Å². The minimum atomic E-state index is -0.435. The van der Waals surface area contributed by atoms with Gasteiger partial charge in [-0.1, -0.05) is 11.6 Å². The normalized spacial score (nSPS) is 11.0. The van der Waals surface area contributed by atoms with Gasteiger partial charge in [0, 0.05) is 19.7 Å². The topological polar surface area (TPSA) is 77.1 Å². The summed E-state index contributed by atoms with van der Waals surface area (Å²) in [7, 11) is 3.00. The number of rotatable bonds is 1. The second kappa shape index (κ2) is 4.84. The van der Waals surface area contributed by atoms with Crippen LogP contribution in [0.2, 0.25) is 0 Å². The Morgan fingerprint density at radius 2 is 1.77 bits per heavy atom. The van der Waals surface area contributed by atoms with Crippen molar-refractivity contribution in [2.75, 3.05) is 0 Å². The lowest BCUT2D eigenvalue weighted by Gasteiger charge is -2.09. The summed E-state index contributed by atoms with van der Waals surface area (Å²) in [6.45, 7) is 1.91. The van der Waals surface area contributed by atoms with Gasteiger partial charge in [0.2, 0.25) is 0 Å². The van der Waals surface area contributed by atoms with Gasteiger partial charge in [-0.15, -0.1) is 0 Å². The summed E-state index contributed by atoms with van der Waals surface area (Å²) in [5, 5.41) is 10.4. The number of hydrogen-bond donors (Lipinski definition) is 1. The Balaban J connectivity index is 2.38. The molecule has 0 amide bonds. The fourth-order valence-corrected chi connectivity index (χ4v) is 2.46. The van der Waals surface area contributed by atoms with Gasteiger partial charge in [0.15, 0.2) is 0 Å². The van der Waals surface area contributed by atoms with Gasteiger partial charge < -0.3 is 5.11 Å². The van der Waals surface area contributed by atoms with Crippen LogP contribution in [0.1, 0.15) is 5.56 Å². The summed E-state index contributed by atoms with van der Waals surface area (Å²) >= 11 is 0. The number of pyridine rings is 1. The minimum Gasteiger partial charge on any atom is -0.507 e.